The quantitative estimate of drug-likeness (QED) is 0.703. The first-order valence-electron chi connectivity index (χ1n) is 6.17. The lowest BCUT2D eigenvalue weighted by Crippen LogP contribution is -1.95. The van der Waals surface area contributed by atoms with Gasteiger partial charge in [0.25, 0.3) is 0 Å². The van der Waals surface area contributed by atoms with Crippen molar-refractivity contribution in [3.05, 3.63) is 64.4 Å². The van der Waals surface area contributed by atoms with Crippen LogP contribution in [0.4, 0.5) is 5.69 Å². The van der Waals surface area contributed by atoms with E-state index in [1.54, 1.807) is 36.4 Å². The Kier molecular flexibility index (Phi) is 6.50. The number of nitrogens with zero attached hydrogens (tertiary/aromatic N) is 1. The van der Waals surface area contributed by atoms with E-state index < -0.39 is 19.7 Å². The third-order valence-corrected chi connectivity index (χ3v) is 5.31. The Balaban J connectivity index is 0.000000231. The SMILES string of the molecule is CS(=O)(=O)c1cccc(Br)c1.[C-]#[N+]c1cccc(S(C)(=O)=O)c1. The molecule has 0 radical (unpaired) electrons. The van der Waals surface area contributed by atoms with E-state index in [1.165, 1.54) is 18.4 Å². The van der Waals surface area contributed by atoms with Gasteiger partial charge in [0, 0.05) is 17.0 Å². The zero-order chi connectivity index (χ0) is 17.7. The van der Waals surface area contributed by atoms with Crippen LogP contribution < -0.4 is 0 Å². The highest BCUT2D eigenvalue weighted by molar-refractivity contribution is 9.10. The fraction of sp³-hybridized carbons (Fsp3) is 0.133. The van der Waals surface area contributed by atoms with Crippen LogP contribution in [0.1, 0.15) is 0 Å². The van der Waals surface area contributed by atoms with Crippen LogP contribution in [0.25, 0.3) is 4.85 Å². The molecule has 8 heteroatoms. The lowest BCUT2D eigenvalue weighted by molar-refractivity contribution is 0.600. The Hall–Kier alpha value is -1.69. The highest BCUT2D eigenvalue weighted by Crippen LogP contribution is 2.17. The topological polar surface area (TPSA) is 72.6 Å². The van der Waals surface area contributed by atoms with Crippen LogP contribution in [0.2, 0.25) is 0 Å². The largest absolute Gasteiger partial charge is 0.238 e. The van der Waals surface area contributed by atoms with E-state index >= 15 is 0 Å². The molecular weight excluding hydrogens is 402 g/mol. The highest BCUT2D eigenvalue weighted by atomic mass is 79.9. The van der Waals surface area contributed by atoms with E-state index in [2.05, 4.69) is 20.8 Å². The molecule has 0 aliphatic heterocycles. The first-order valence-corrected chi connectivity index (χ1v) is 10.7. The van der Waals surface area contributed by atoms with Crippen LogP contribution in [0.5, 0.6) is 0 Å². The standard InChI is InChI=1S/C8H7NO2S.C7H7BrO2S/c1-9-7-4-3-5-8(6-7)12(2,10)11;1-11(9,10)7-4-2-3-6(8)5-7/h3-6H,2H3;2-5H,1H3. The van der Waals surface area contributed by atoms with Crippen LogP contribution in [-0.4, -0.2) is 29.3 Å². The smallest absolute Gasteiger partial charge is 0.188 e. The monoisotopic (exact) mass is 415 g/mol. The van der Waals surface area contributed by atoms with Gasteiger partial charge in [-0.3, -0.25) is 0 Å². The van der Waals surface area contributed by atoms with Crippen molar-refractivity contribution in [2.45, 2.75) is 9.79 Å². The van der Waals surface area contributed by atoms with Crippen molar-refractivity contribution in [1.82, 2.24) is 0 Å². The first kappa shape index (κ1) is 19.4. The van der Waals surface area contributed by atoms with Crippen molar-refractivity contribution in [3.8, 4) is 0 Å². The molecule has 0 heterocycles. The maximum Gasteiger partial charge on any atom is 0.188 e. The molecule has 0 aliphatic carbocycles. The molecule has 0 unspecified atom stereocenters. The number of halogens is 1. The molecule has 2 rings (SSSR count). The maximum absolute atomic E-state index is 11.0. The van der Waals surface area contributed by atoms with Crippen molar-refractivity contribution < 1.29 is 16.8 Å². The molecule has 0 amide bonds. The van der Waals surface area contributed by atoms with Crippen molar-refractivity contribution in [3.63, 3.8) is 0 Å². The Labute approximate surface area is 144 Å². The summed E-state index contributed by atoms with van der Waals surface area (Å²) in [6, 6.07) is 12.6. The fourth-order valence-electron chi connectivity index (χ4n) is 1.48. The van der Waals surface area contributed by atoms with Gasteiger partial charge >= 0.3 is 0 Å². The first-order chi connectivity index (χ1) is 10.5. The molecule has 2 aromatic carbocycles. The highest BCUT2D eigenvalue weighted by Gasteiger charge is 2.06. The van der Waals surface area contributed by atoms with E-state index in [0.717, 1.165) is 10.7 Å². The second-order valence-electron chi connectivity index (χ2n) is 4.61. The number of sulfone groups is 2. The minimum Gasteiger partial charge on any atom is -0.238 e. The Morgan fingerprint density at radius 3 is 1.74 bits per heavy atom. The molecule has 0 bridgehead atoms. The van der Waals surface area contributed by atoms with Crippen LogP contribution >= 0.6 is 15.9 Å². The van der Waals surface area contributed by atoms with Gasteiger partial charge in [-0.15, -0.1) is 0 Å². The molecule has 0 N–H and O–H groups in total. The summed E-state index contributed by atoms with van der Waals surface area (Å²) in [4.78, 5) is 3.66. The van der Waals surface area contributed by atoms with Crippen molar-refractivity contribution >= 4 is 41.3 Å². The van der Waals surface area contributed by atoms with Gasteiger partial charge in [-0.25, -0.2) is 21.7 Å². The van der Waals surface area contributed by atoms with Gasteiger partial charge in [0.05, 0.1) is 16.4 Å². The fourth-order valence-corrected chi connectivity index (χ4v) is 3.36. The van der Waals surface area contributed by atoms with Crippen LogP contribution in [0.3, 0.4) is 0 Å². The van der Waals surface area contributed by atoms with E-state index in [0.29, 0.717) is 10.6 Å². The van der Waals surface area contributed by atoms with Crippen molar-refractivity contribution in [1.29, 1.82) is 0 Å². The molecule has 0 saturated carbocycles. The third kappa shape index (κ3) is 6.52. The number of hydrogen-bond donors (Lipinski definition) is 0. The molecule has 2 aromatic rings. The van der Waals surface area contributed by atoms with Crippen molar-refractivity contribution in [2.24, 2.45) is 0 Å². The van der Waals surface area contributed by atoms with Gasteiger partial charge in [-0.05, 0) is 30.3 Å². The van der Waals surface area contributed by atoms with Gasteiger partial charge in [0.1, 0.15) is 0 Å². The molecule has 0 atom stereocenters. The molecule has 0 saturated heterocycles. The molecule has 0 aliphatic rings. The summed E-state index contributed by atoms with van der Waals surface area (Å²) in [5, 5.41) is 0. The van der Waals surface area contributed by atoms with Gasteiger partial charge < -0.3 is 0 Å². The predicted molar refractivity (Wildman–Crippen MR) is 93.1 cm³/mol. The van der Waals surface area contributed by atoms with E-state index in [4.69, 9.17) is 6.57 Å². The lowest BCUT2D eigenvalue weighted by atomic mass is 10.3. The number of benzene rings is 2. The van der Waals surface area contributed by atoms with Crippen LogP contribution in [0, 0.1) is 6.57 Å². The van der Waals surface area contributed by atoms with Crippen LogP contribution in [-0.2, 0) is 19.7 Å². The molecule has 0 fully saturated rings. The normalized spacial score (nSPS) is 11.0. The van der Waals surface area contributed by atoms with E-state index in [-0.39, 0.29) is 4.90 Å². The summed E-state index contributed by atoms with van der Waals surface area (Å²) in [7, 11) is -6.23. The maximum atomic E-state index is 11.0. The summed E-state index contributed by atoms with van der Waals surface area (Å²) in [5.41, 5.74) is 0.345. The second-order valence-corrected chi connectivity index (χ2v) is 9.56. The molecule has 23 heavy (non-hydrogen) atoms. The third-order valence-electron chi connectivity index (χ3n) is 2.60. The summed E-state index contributed by atoms with van der Waals surface area (Å²) in [6.45, 7) is 6.68. The molecule has 122 valence electrons. The summed E-state index contributed by atoms with van der Waals surface area (Å²) in [5.74, 6) is 0. The van der Waals surface area contributed by atoms with Crippen molar-refractivity contribution in [2.75, 3.05) is 12.5 Å². The average Bonchev–Trinajstić information content (AvgIpc) is 2.46. The van der Waals surface area contributed by atoms with Gasteiger partial charge in [-0.2, -0.15) is 0 Å². The second kappa shape index (κ2) is 7.73. The Morgan fingerprint density at radius 2 is 1.35 bits per heavy atom. The summed E-state index contributed by atoms with van der Waals surface area (Å²) < 4.78 is 44.7. The molecule has 0 spiro atoms. The molecular formula is C15H14BrNO4S2. The zero-order valence-electron chi connectivity index (χ0n) is 12.4. The number of hydrogen-bond acceptors (Lipinski definition) is 4. The van der Waals surface area contributed by atoms with Gasteiger partial charge in [-0.1, -0.05) is 34.1 Å². The van der Waals surface area contributed by atoms with Gasteiger partial charge in [0.15, 0.2) is 25.4 Å². The Morgan fingerprint density at radius 1 is 0.870 bits per heavy atom. The zero-order valence-corrected chi connectivity index (χ0v) is 15.6. The minimum absolute atomic E-state index is 0.191. The molecule has 5 nitrogen and oxygen atoms in total. The number of rotatable bonds is 2. The van der Waals surface area contributed by atoms with Crippen LogP contribution in [0.15, 0.2) is 62.8 Å². The summed E-state index contributed by atoms with van der Waals surface area (Å²) >= 11 is 3.19. The van der Waals surface area contributed by atoms with E-state index in [9.17, 15) is 16.8 Å². The lowest BCUT2D eigenvalue weighted by Gasteiger charge is -1.96. The minimum atomic E-state index is -3.18. The predicted octanol–water partition coefficient (Wildman–Crippen LogP) is 3.49. The summed E-state index contributed by atoms with van der Waals surface area (Å²) in [6.07, 6.45) is 2.31. The van der Waals surface area contributed by atoms with Gasteiger partial charge in [0.2, 0.25) is 0 Å². The average molecular weight is 416 g/mol. The molecule has 0 aromatic heterocycles. The Bertz CT molecular complexity index is 945. The van der Waals surface area contributed by atoms with E-state index in [1.807, 2.05) is 0 Å².